The number of halogens is 2. The average Bonchev–Trinajstić information content (AvgIpc) is 3.35. The summed E-state index contributed by atoms with van der Waals surface area (Å²) < 4.78 is 40.6. The third-order valence-electron chi connectivity index (χ3n) is 5.88. The molecule has 2 N–H and O–H groups in total. The van der Waals surface area contributed by atoms with Crippen molar-refractivity contribution in [2.24, 2.45) is 5.92 Å². The van der Waals surface area contributed by atoms with Crippen LogP contribution in [-0.2, 0) is 11.3 Å². The lowest BCUT2D eigenvalue weighted by Gasteiger charge is -2.24. The van der Waals surface area contributed by atoms with Crippen molar-refractivity contribution in [3.8, 4) is 16.2 Å². The Hall–Kier alpha value is -2.85. The van der Waals surface area contributed by atoms with Crippen molar-refractivity contribution >= 4 is 27.3 Å². The zero-order valence-corrected chi connectivity index (χ0v) is 19.7. The molecule has 0 radical (unpaired) electrons. The average molecular weight is 488 g/mol. The first-order valence-corrected chi connectivity index (χ1v) is 12.3. The Balaban J connectivity index is 1.41. The molecule has 4 heterocycles. The Morgan fingerprint density at radius 3 is 2.88 bits per heavy atom. The van der Waals surface area contributed by atoms with Gasteiger partial charge in [-0.2, -0.15) is 5.10 Å². The van der Waals surface area contributed by atoms with Gasteiger partial charge in [0.1, 0.15) is 12.3 Å². The van der Waals surface area contributed by atoms with Crippen molar-refractivity contribution in [2.75, 3.05) is 13.2 Å². The highest BCUT2D eigenvalue weighted by atomic mass is 32.1. The second kappa shape index (κ2) is 9.42. The number of nitrogens with zero attached hydrogens (tertiary/aromatic N) is 3. The second-order valence-corrected chi connectivity index (χ2v) is 10.0. The van der Waals surface area contributed by atoms with E-state index in [-0.39, 0.29) is 5.92 Å². The van der Waals surface area contributed by atoms with Crippen LogP contribution in [0.4, 0.5) is 8.78 Å². The number of alkyl halides is 2. The molecule has 1 aliphatic heterocycles. The lowest BCUT2D eigenvalue weighted by molar-refractivity contribution is 0.000603. The molecule has 34 heavy (non-hydrogen) atoms. The van der Waals surface area contributed by atoms with E-state index in [9.17, 15) is 8.78 Å². The van der Waals surface area contributed by atoms with Gasteiger partial charge in [-0.3, -0.25) is 9.67 Å². The van der Waals surface area contributed by atoms with E-state index in [2.05, 4.69) is 15.4 Å². The fourth-order valence-corrected chi connectivity index (χ4v) is 4.95. The monoisotopic (exact) mass is 487 g/mol. The van der Waals surface area contributed by atoms with Gasteiger partial charge in [0.25, 0.3) is 5.92 Å². The number of aromatic nitrogens is 3. The van der Waals surface area contributed by atoms with Crippen LogP contribution >= 0.6 is 11.3 Å². The summed E-state index contributed by atoms with van der Waals surface area (Å²) in [5.41, 5.74) is 1.97. The Bertz CT molecular complexity index is 1210. The second-order valence-electron chi connectivity index (χ2n) is 8.98. The molecular formula is C24H27F2N5O2S. The summed E-state index contributed by atoms with van der Waals surface area (Å²) >= 11 is 1.47. The van der Waals surface area contributed by atoms with Crippen molar-refractivity contribution in [1.29, 1.82) is 5.41 Å². The maximum Gasteiger partial charge on any atom is 0.264 e. The molecule has 180 valence electrons. The summed E-state index contributed by atoms with van der Waals surface area (Å²) in [6.45, 7) is 1.72. The number of rotatable bonds is 9. The standard InChI is InChI=1S/C24H27F2N5O2S/c1-24(25,26)14-31-13-16(11-30-31)21-10-18-23(34-21)19(4-7-28-18)33-20(12-29-17-2-3-17)22(27)15-5-8-32-9-6-15/h4,7,10-13,15,17,27,29H,2-3,5-6,8-9,14H2,1H3/b20-12+,27-22?. The summed E-state index contributed by atoms with van der Waals surface area (Å²) in [5.74, 6) is -1.61. The molecule has 0 bridgehead atoms. The molecular weight excluding hydrogens is 460 g/mol. The van der Waals surface area contributed by atoms with Crippen LogP contribution in [0.1, 0.15) is 32.6 Å². The number of ether oxygens (including phenoxy) is 2. The number of fused-ring (bicyclic) bond motifs is 1. The topological polar surface area (TPSA) is 85.0 Å². The fraction of sp³-hybridized carbons (Fsp3) is 0.458. The lowest BCUT2D eigenvalue weighted by atomic mass is 9.93. The van der Waals surface area contributed by atoms with Gasteiger partial charge in [-0.1, -0.05) is 0 Å². The fourth-order valence-electron chi connectivity index (χ4n) is 3.91. The summed E-state index contributed by atoms with van der Waals surface area (Å²) in [4.78, 5) is 5.32. The minimum Gasteiger partial charge on any atom is -0.452 e. The van der Waals surface area contributed by atoms with Crippen LogP contribution in [0.2, 0.25) is 0 Å². The third-order valence-corrected chi connectivity index (χ3v) is 7.06. The highest BCUT2D eigenvalue weighted by Crippen LogP contribution is 2.38. The SMILES string of the molecule is CC(F)(F)Cn1cc(-c2cc3nccc(O/C(=C/NC4CC4)C(=N)C4CCOCC4)c3s2)cn1. The first kappa shape index (κ1) is 22.9. The zero-order chi connectivity index (χ0) is 23.7. The molecule has 2 fully saturated rings. The predicted molar refractivity (Wildman–Crippen MR) is 128 cm³/mol. The van der Waals surface area contributed by atoms with Crippen LogP contribution in [0.25, 0.3) is 20.7 Å². The van der Waals surface area contributed by atoms with E-state index in [0.29, 0.717) is 36.5 Å². The Kier molecular flexibility index (Phi) is 6.35. The molecule has 3 aromatic rings. The maximum atomic E-state index is 13.4. The van der Waals surface area contributed by atoms with E-state index in [0.717, 1.165) is 53.3 Å². The van der Waals surface area contributed by atoms with Crippen LogP contribution in [0.15, 0.2) is 42.7 Å². The van der Waals surface area contributed by atoms with Crippen LogP contribution in [0.5, 0.6) is 5.75 Å². The third kappa shape index (κ3) is 5.44. The van der Waals surface area contributed by atoms with Gasteiger partial charge in [0, 0.05) is 67.2 Å². The number of hydrogen-bond acceptors (Lipinski definition) is 7. The minimum atomic E-state index is -2.84. The normalized spacial score (nSPS) is 17.8. The van der Waals surface area contributed by atoms with Gasteiger partial charge < -0.3 is 20.2 Å². The number of hydrogen-bond donors (Lipinski definition) is 2. The van der Waals surface area contributed by atoms with Crippen LogP contribution in [-0.4, -0.2) is 45.7 Å². The highest BCUT2D eigenvalue weighted by molar-refractivity contribution is 7.22. The van der Waals surface area contributed by atoms with Crippen molar-refractivity contribution in [1.82, 2.24) is 20.1 Å². The molecule has 3 aromatic heterocycles. The number of nitrogens with one attached hydrogen (secondary N) is 2. The van der Waals surface area contributed by atoms with Gasteiger partial charge in [-0.05, 0) is 31.7 Å². The van der Waals surface area contributed by atoms with Gasteiger partial charge in [-0.15, -0.1) is 11.3 Å². The van der Waals surface area contributed by atoms with Crippen molar-refractivity contribution < 1.29 is 18.3 Å². The highest BCUT2D eigenvalue weighted by Gasteiger charge is 2.26. The van der Waals surface area contributed by atoms with Crippen LogP contribution in [0, 0.1) is 11.3 Å². The molecule has 0 spiro atoms. The molecule has 0 amide bonds. The van der Waals surface area contributed by atoms with Gasteiger partial charge in [0.05, 0.1) is 22.1 Å². The van der Waals surface area contributed by atoms with Crippen LogP contribution in [0.3, 0.4) is 0 Å². The Morgan fingerprint density at radius 1 is 1.35 bits per heavy atom. The summed E-state index contributed by atoms with van der Waals surface area (Å²) in [5, 5.41) is 16.2. The molecule has 5 rings (SSSR count). The van der Waals surface area contributed by atoms with Crippen LogP contribution < -0.4 is 10.1 Å². The quantitative estimate of drug-likeness (QED) is 0.319. The molecule has 2 aliphatic rings. The van der Waals surface area contributed by atoms with E-state index < -0.39 is 12.5 Å². The van der Waals surface area contributed by atoms with Crippen molar-refractivity contribution in [2.45, 2.75) is 51.1 Å². The summed E-state index contributed by atoms with van der Waals surface area (Å²) in [7, 11) is 0. The summed E-state index contributed by atoms with van der Waals surface area (Å²) in [6.07, 6.45) is 10.6. The van der Waals surface area contributed by atoms with Gasteiger partial charge in [0.2, 0.25) is 0 Å². The molecule has 0 aromatic carbocycles. The molecule has 0 unspecified atom stereocenters. The van der Waals surface area contributed by atoms with Gasteiger partial charge in [0.15, 0.2) is 5.76 Å². The maximum absolute atomic E-state index is 13.4. The molecule has 1 saturated heterocycles. The van der Waals surface area contributed by atoms with E-state index in [1.54, 1.807) is 24.7 Å². The number of pyridine rings is 1. The van der Waals surface area contributed by atoms with Gasteiger partial charge in [-0.25, -0.2) is 8.78 Å². The minimum absolute atomic E-state index is 0.0970. The van der Waals surface area contributed by atoms with Crippen molar-refractivity contribution in [3.63, 3.8) is 0 Å². The van der Waals surface area contributed by atoms with Crippen molar-refractivity contribution in [3.05, 3.63) is 42.7 Å². The molecule has 1 saturated carbocycles. The van der Waals surface area contributed by atoms with Gasteiger partial charge >= 0.3 is 0 Å². The Labute approximate surface area is 200 Å². The number of allylic oxidation sites excluding steroid dienone is 1. The molecule has 7 nitrogen and oxygen atoms in total. The smallest absolute Gasteiger partial charge is 0.264 e. The predicted octanol–water partition coefficient (Wildman–Crippen LogP) is 5.23. The van der Waals surface area contributed by atoms with E-state index in [1.165, 1.54) is 16.0 Å². The van der Waals surface area contributed by atoms with E-state index in [4.69, 9.17) is 14.9 Å². The first-order valence-electron chi connectivity index (χ1n) is 11.5. The molecule has 1 aliphatic carbocycles. The largest absolute Gasteiger partial charge is 0.452 e. The lowest BCUT2D eigenvalue weighted by Crippen LogP contribution is -2.27. The van der Waals surface area contributed by atoms with E-state index >= 15 is 0 Å². The number of thiophene rings is 1. The molecule has 10 heteroatoms. The summed E-state index contributed by atoms with van der Waals surface area (Å²) in [6, 6.07) is 4.15. The first-order chi connectivity index (χ1) is 16.4. The van der Waals surface area contributed by atoms with E-state index in [1.807, 2.05) is 12.3 Å². The zero-order valence-electron chi connectivity index (χ0n) is 18.9. The Morgan fingerprint density at radius 2 is 2.15 bits per heavy atom. The molecule has 0 atom stereocenters.